The minimum absolute atomic E-state index is 0.261. The molecule has 1 saturated heterocycles. The van der Waals surface area contributed by atoms with Gasteiger partial charge in [-0.15, -0.1) is 0 Å². The second kappa shape index (κ2) is 10.2. The second-order valence-electron chi connectivity index (χ2n) is 8.56. The van der Waals surface area contributed by atoms with Gasteiger partial charge in [-0.05, 0) is 35.4 Å². The summed E-state index contributed by atoms with van der Waals surface area (Å²) in [5.74, 6) is 1.70. The fraction of sp³-hybridized carbons (Fsp3) is 0.240. The molecule has 5 rings (SSSR count). The van der Waals surface area contributed by atoms with Crippen molar-refractivity contribution in [3.63, 3.8) is 0 Å². The number of benzene rings is 2. The van der Waals surface area contributed by atoms with E-state index in [0.717, 1.165) is 44.1 Å². The second-order valence-corrected chi connectivity index (χ2v) is 10.6. The minimum Gasteiger partial charge on any atom is -0.337 e. The van der Waals surface area contributed by atoms with Gasteiger partial charge in [-0.2, -0.15) is 4.98 Å². The van der Waals surface area contributed by atoms with Crippen LogP contribution >= 0.6 is 0 Å². The highest BCUT2D eigenvalue weighted by molar-refractivity contribution is 7.90. The van der Waals surface area contributed by atoms with E-state index in [2.05, 4.69) is 52.2 Å². The Labute approximate surface area is 210 Å². The van der Waals surface area contributed by atoms with Crippen LogP contribution in [0.4, 0.5) is 23.5 Å². The first-order valence-corrected chi connectivity index (χ1v) is 13.4. The van der Waals surface area contributed by atoms with Crippen molar-refractivity contribution >= 4 is 33.4 Å². The van der Waals surface area contributed by atoms with Crippen LogP contribution in [-0.4, -0.2) is 65.8 Å². The topological polar surface area (TPSA) is 117 Å². The number of sulfone groups is 1. The van der Waals surface area contributed by atoms with Crippen LogP contribution in [0.1, 0.15) is 11.1 Å². The molecule has 0 saturated carbocycles. The first-order valence-electron chi connectivity index (χ1n) is 11.5. The highest BCUT2D eigenvalue weighted by Gasteiger charge is 2.21. The molecular weight excluding hydrogens is 476 g/mol. The Morgan fingerprint density at radius 1 is 0.778 bits per heavy atom. The van der Waals surface area contributed by atoms with E-state index in [1.807, 2.05) is 30.6 Å². The molecule has 184 valence electrons. The number of hydrogen-bond donors (Lipinski definition) is 1. The van der Waals surface area contributed by atoms with E-state index in [-0.39, 0.29) is 4.90 Å². The highest BCUT2D eigenvalue weighted by atomic mass is 32.2. The van der Waals surface area contributed by atoms with Gasteiger partial charge in [0.25, 0.3) is 0 Å². The van der Waals surface area contributed by atoms with E-state index in [4.69, 9.17) is 0 Å². The summed E-state index contributed by atoms with van der Waals surface area (Å²) in [6.45, 7) is 2.95. The van der Waals surface area contributed by atoms with E-state index >= 15 is 0 Å². The van der Waals surface area contributed by atoms with Crippen LogP contribution in [0.25, 0.3) is 0 Å². The summed E-state index contributed by atoms with van der Waals surface area (Å²) in [6.07, 6.45) is 7.26. The molecule has 0 amide bonds. The summed E-state index contributed by atoms with van der Waals surface area (Å²) in [6, 6.07) is 16.8. The van der Waals surface area contributed by atoms with Crippen molar-refractivity contribution in [3.05, 3.63) is 84.4 Å². The normalized spacial score (nSPS) is 14.0. The van der Waals surface area contributed by atoms with Gasteiger partial charge in [0.15, 0.2) is 9.84 Å². The third-order valence-corrected chi connectivity index (χ3v) is 7.01. The summed E-state index contributed by atoms with van der Waals surface area (Å²) >= 11 is 0. The first kappa shape index (κ1) is 23.6. The molecule has 0 bridgehead atoms. The largest absolute Gasteiger partial charge is 0.337 e. The summed E-state index contributed by atoms with van der Waals surface area (Å²) < 4.78 is 23.3. The van der Waals surface area contributed by atoms with Crippen LogP contribution < -0.4 is 15.1 Å². The molecule has 36 heavy (non-hydrogen) atoms. The first-order chi connectivity index (χ1) is 17.4. The number of anilines is 4. The van der Waals surface area contributed by atoms with Crippen molar-refractivity contribution in [2.45, 2.75) is 11.3 Å². The molecule has 10 nitrogen and oxygen atoms in total. The Kier molecular flexibility index (Phi) is 6.72. The molecule has 1 fully saturated rings. The van der Waals surface area contributed by atoms with Crippen molar-refractivity contribution in [2.24, 2.45) is 0 Å². The molecular formula is C25H26N8O2S. The number of nitrogens with zero attached hydrogens (tertiary/aromatic N) is 7. The average molecular weight is 503 g/mol. The number of piperazine rings is 1. The van der Waals surface area contributed by atoms with Gasteiger partial charge >= 0.3 is 0 Å². The number of aromatic nitrogens is 5. The van der Waals surface area contributed by atoms with Crippen molar-refractivity contribution in [3.8, 4) is 0 Å². The third kappa shape index (κ3) is 5.74. The maximum atomic E-state index is 11.6. The standard InChI is InChI=1S/C25H26N8O2S/c1-36(34,35)22-9-7-21(8-10-22)30-23-28-18-29-25(31-23)33-13-11-32(12-14-33)24-26-16-20(17-27-24)15-19-5-3-2-4-6-19/h2-10,16-18H,11-15H2,1H3,(H,28,29,30,31). The van der Waals surface area contributed by atoms with Gasteiger partial charge in [-0.3, -0.25) is 0 Å². The molecule has 0 spiro atoms. The van der Waals surface area contributed by atoms with Crippen molar-refractivity contribution in [1.29, 1.82) is 0 Å². The monoisotopic (exact) mass is 502 g/mol. The predicted octanol–water partition coefficient (Wildman–Crippen LogP) is 2.73. The van der Waals surface area contributed by atoms with Gasteiger partial charge in [0.05, 0.1) is 4.90 Å². The Balaban J connectivity index is 1.18. The van der Waals surface area contributed by atoms with Crippen LogP contribution in [0.5, 0.6) is 0 Å². The average Bonchev–Trinajstić information content (AvgIpc) is 2.90. The minimum atomic E-state index is -3.24. The lowest BCUT2D eigenvalue weighted by Gasteiger charge is -2.34. The predicted molar refractivity (Wildman–Crippen MR) is 138 cm³/mol. The molecule has 2 aromatic carbocycles. The maximum Gasteiger partial charge on any atom is 0.231 e. The fourth-order valence-corrected chi connectivity index (χ4v) is 4.59. The zero-order valence-corrected chi connectivity index (χ0v) is 20.6. The Bertz CT molecular complexity index is 1410. The highest BCUT2D eigenvalue weighted by Crippen LogP contribution is 2.19. The van der Waals surface area contributed by atoms with Crippen molar-refractivity contribution in [1.82, 2.24) is 24.9 Å². The smallest absolute Gasteiger partial charge is 0.231 e. The van der Waals surface area contributed by atoms with Gasteiger partial charge in [0.1, 0.15) is 6.33 Å². The molecule has 0 unspecified atom stereocenters. The number of nitrogens with one attached hydrogen (secondary N) is 1. The van der Waals surface area contributed by atoms with E-state index in [1.165, 1.54) is 18.1 Å². The lowest BCUT2D eigenvalue weighted by molar-refractivity contribution is 0.602. The van der Waals surface area contributed by atoms with E-state index in [0.29, 0.717) is 17.6 Å². The molecule has 11 heteroatoms. The van der Waals surface area contributed by atoms with Gasteiger partial charge < -0.3 is 15.1 Å². The molecule has 0 atom stereocenters. The van der Waals surface area contributed by atoms with Crippen LogP contribution in [0.3, 0.4) is 0 Å². The molecule has 2 aromatic heterocycles. The Hall–Kier alpha value is -4.12. The fourth-order valence-electron chi connectivity index (χ4n) is 3.96. The quantitative estimate of drug-likeness (QED) is 0.404. The van der Waals surface area contributed by atoms with E-state index in [9.17, 15) is 8.42 Å². The number of rotatable bonds is 7. The summed E-state index contributed by atoms with van der Waals surface area (Å²) in [4.78, 5) is 26.8. The lowest BCUT2D eigenvalue weighted by atomic mass is 10.1. The summed E-state index contributed by atoms with van der Waals surface area (Å²) in [5, 5.41) is 3.11. The SMILES string of the molecule is CS(=O)(=O)c1ccc(Nc2ncnc(N3CCN(c4ncc(Cc5ccccc5)cn4)CC3)n2)cc1. The molecule has 1 N–H and O–H groups in total. The van der Waals surface area contributed by atoms with Crippen molar-refractivity contribution in [2.75, 3.05) is 47.6 Å². The Morgan fingerprint density at radius 3 is 2.06 bits per heavy atom. The van der Waals surface area contributed by atoms with E-state index < -0.39 is 9.84 Å². The van der Waals surface area contributed by atoms with Gasteiger partial charge in [-0.1, -0.05) is 30.3 Å². The summed E-state index contributed by atoms with van der Waals surface area (Å²) in [5.41, 5.74) is 3.01. The van der Waals surface area contributed by atoms with Crippen LogP contribution in [-0.2, 0) is 16.3 Å². The van der Waals surface area contributed by atoms with Crippen LogP contribution in [0.15, 0.2) is 78.2 Å². The van der Waals surface area contributed by atoms with E-state index in [1.54, 1.807) is 24.3 Å². The number of hydrogen-bond acceptors (Lipinski definition) is 10. The molecule has 4 aromatic rings. The third-order valence-electron chi connectivity index (χ3n) is 5.89. The van der Waals surface area contributed by atoms with Gasteiger partial charge in [-0.25, -0.2) is 28.4 Å². The summed E-state index contributed by atoms with van der Waals surface area (Å²) in [7, 11) is -3.24. The zero-order chi connectivity index (χ0) is 25.0. The molecule has 1 aliphatic heterocycles. The van der Waals surface area contributed by atoms with Gasteiger partial charge in [0, 0.05) is 56.9 Å². The van der Waals surface area contributed by atoms with Crippen molar-refractivity contribution < 1.29 is 8.42 Å². The molecule has 3 heterocycles. The van der Waals surface area contributed by atoms with Crippen LogP contribution in [0, 0.1) is 0 Å². The molecule has 0 radical (unpaired) electrons. The Morgan fingerprint density at radius 2 is 1.42 bits per heavy atom. The molecule has 0 aliphatic carbocycles. The van der Waals surface area contributed by atoms with Gasteiger partial charge in [0.2, 0.25) is 17.8 Å². The zero-order valence-electron chi connectivity index (χ0n) is 19.8. The molecule has 1 aliphatic rings. The van der Waals surface area contributed by atoms with Crippen LogP contribution in [0.2, 0.25) is 0 Å². The maximum absolute atomic E-state index is 11.6. The lowest BCUT2D eigenvalue weighted by Crippen LogP contribution is -2.47.